The minimum absolute atomic E-state index is 0.0467. The van der Waals surface area contributed by atoms with Crippen molar-refractivity contribution in [3.8, 4) is 0 Å². The lowest BCUT2D eigenvalue weighted by Crippen LogP contribution is -2.57. The molecule has 116 valence electrons. The fraction of sp³-hybridized carbons (Fsp3) is 0.846. The lowest BCUT2D eigenvalue weighted by atomic mass is 9.97. The van der Waals surface area contributed by atoms with E-state index in [2.05, 4.69) is 10.2 Å². The van der Waals surface area contributed by atoms with Crippen LogP contribution in [-0.2, 0) is 4.79 Å². The Labute approximate surface area is 120 Å². The van der Waals surface area contributed by atoms with Crippen LogP contribution in [0.2, 0.25) is 0 Å². The molecular weight excluding hydrogens is 260 g/mol. The van der Waals surface area contributed by atoms with Gasteiger partial charge in [0.1, 0.15) is 6.04 Å². The van der Waals surface area contributed by atoms with Crippen LogP contribution < -0.4 is 11.1 Å². The molecule has 1 heterocycles. The second-order valence-corrected chi connectivity index (χ2v) is 5.26. The minimum atomic E-state index is -0.664. The van der Waals surface area contributed by atoms with Gasteiger partial charge in [0.05, 0.1) is 6.61 Å². The summed E-state index contributed by atoms with van der Waals surface area (Å²) >= 11 is 0. The smallest absolute Gasteiger partial charge is 0.312 e. The standard InChI is InChI=1S/C13H26N4O3/c1-3-10(2)11(15-13(14)20)12(19)17-6-4-16(5-7-17)8-9-18/h10-11,18H,3-9H2,1-2H3,(H3,14,15,20). The summed E-state index contributed by atoms with van der Waals surface area (Å²) in [4.78, 5) is 27.4. The number of nitrogens with zero attached hydrogens (tertiary/aromatic N) is 2. The summed E-state index contributed by atoms with van der Waals surface area (Å²) in [6, 6.07) is -1.22. The van der Waals surface area contributed by atoms with E-state index in [9.17, 15) is 9.59 Å². The highest BCUT2D eigenvalue weighted by Gasteiger charge is 2.31. The average Bonchev–Trinajstić information content (AvgIpc) is 2.44. The number of primary amides is 1. The fourth-order valence-electron chi connectivity index (χ4n) is 2.37. The van der Waals surface area contributed by atoms with Crippen molar-refractivity contribution in [2.75, 3.05) is 39.3 Å². The van der Waals surface area contributed by atoms with Crippen molar-refractivity contribution in [1.82, 2.24) is 15.1 Å². The van der Waals surface area contributed by atoms with Gasteiger partial charge >= 0.3 is 6.03 Å². The van der Waals surface area contributed by atoms with Crippen LogP contribution in [0.5, 0.6) is 0 Å². The highest BCUT2D eigenvalue weighted by atomic mass is 16.3. The van der Waals surface area contributed by atoms with Gasteiger partial charge in [0.15, 0.2) is 0 Å². The van der Waals surface area contributed by atoms with Gasteiger partial charge in [-0.2, -0.15) is 0 Å². The van der Waals surface area contributed by atoms with Crippen molar-refractivity contribution in [2.45, 2.75) is 26.3 Å². The molecule has 0 bridgehead atoms. The molecule has 1 fully saturated rings. The Balaban J connectivity index is 2.59. The van der Waals surface area contributed by atoms with E-state index >= 15 is 0 Å². The second-order valence-electron chi connectivity index (χ2n) is 5.26. The maximum Gasteiger partial charge on any atom is 0.312 e. The predicted octanol–water partition coefficient (Wildman–Crippen LogP) is -0.794. The highest BCUT2D eigenvalue weighted by molar-refractivity contribution is 5.87. The third-order valence-corrected chi connectivity index (χ3v) is 3.88. The number of rotatable bonds is 6. The number of aliphatic hydroxyl groups excluding tert-OH is 1. The fourth-order valence-corrected chi connectivity index (χ4v) is 2.37. The van der Waals surface area contributed by atoms with Crippen molar-refractivity contribution >= 4 is 11.9 Å². The molecule has 1 aliphatic heterocycles. The first-order valence-corrected chi connectivity index (χ1v) is 7.17. The molecule has 4 N–H and O–H groups in total. The first-order valence-electron chi connectivity index (χ1n) is 7.17. The summed E-state index contributed by atoms with van der Waals surface area (Å²) < 4.78 is 0. The third-order valence-electron chi connectivity index (χ3n) is 3.88. The van der Waals surface area contributed by atoms with Crippen molar-refractivity contribution in [1.29, 1.82) is 0 Å². The molecule has 7 nitrogen and oxygen atoms in total. The molecule has 0 aliphatic carbocycles. The van der Waals surface area contributed by atoms with E-state index in [0.29, 0.717) is 19.6 Å². The van der Waals surface area contributed by atoms with Gasteiger partial charge in [0.25, 0.3) is 0 Å². The van der Waals surface area contributed by atoms with Crippen LogP contribution in [0.1, 0.15) is 20.3 Å². The largest absolute Gasteiger partial charge is 0.395 e. The molecule has 0 radical (unpaired) electrons. The summed E-state index contributed by atoms with van der Waals surface area (Å²) in [5, 5.41) is 11.5. The Hall–Kier alpha value is -1.34. The van der Waals surface area contributed by atoms with Crippen molar-refractivity contribution in [3.05, 3.63) is 0 Å². The van der Waals surface area contributed by atoms with E-state index in [1.54, 1.807) is 4.90 Å². The van der Waals surface area contributed by atoms with Gasteiger partial charge in [0.2, 0.25) is 5.91 Å². The highest BCUT2D eigenvalue weighted by Crippen LogP contribution is 2.12. The van der Waals surface area contributed by atoms with Gasteiger partial charge in [-0.15, -0.1) is 0 Å². The first kappa shape index (κ1) is 16.7. The van der Waals surface area contributed by atoms with Gasteiger partial charge in [0, 0.05) is 32.7 Å². The van der Waals surface area contributed by atoms with Gasteiger partial charge in [-0.3, -0.25) is 9.69 Å². The molecule has 0 aromatic carbocycles. The zero-order valence-corrected chi connectivity index (χ0v) is 12.3. The number of aliphatic hydroxyl groups is 1. The number of carbonyl (C=O) groups is 2. The number of nitrogens with one attached hydrogen (secondary N) is 1. The quantitative estimate of drug-likeness (QED) is 0.595. The van der Waals surface area contributed by atoms with Crippen LogP contribution in [0, 0.1) is 5.92 Å². The first-order chi connectivity index (χ1) is 9.49. The van der Waals surface area contributed by atoms with E-state index in [4.69, 9.17) is 10.8 Å². The molecule has 2 atom stereocenters. The number of carbonyl (C=O) groups excluding carboxylic acids is 2. The van der Waals surface area contributed by atoms with Crippen LogP contribution in [0.4, 0.5) is 4.79 Å². The van der Waals surface area contributed by atoms with Gasteiger partial charge < -0.3 is 21.1 Å². The average molecular weight is 286 g/mol. The zero-order chi connectivity index (χ0) is 15.1. The molecular formula is C13H26N4O3. The number of hydrogen-bond donors (Lipinski definition) is 3. The predicted molar refractivity (Wildman–Crippen MR) is 76.1 cm³/mol. The Morgan fingerprint density at radius 1 is 1.30 bits per heavy atom. The van der Waals surface area contributed by atoms with Gasteiger partial charge in [-0.25, -0.2) is 4.79 Å². The monoisotopic (exact) mass is 286 g/mol. The molecule has 0 spiro atoms. The zero-order valence-electron chi connectivity index (χ0n) is 12.3. The Bertz CT molecular complexity index is 330. The molecule has 2 unspecified atom stereocenters. The Kier molecular flexibility index (Phi) is 6.74. The Morgan fingerprint density at radius 2 is 1.90 bits per heavy atom. The van der Waals surface area contributed by atoms with Crippen LogP contribution in [0.25, 0.3) is 0 Å². The van der Waals surface area contributed by atoms with E-state index in [1.165, 1.54) is 0 Å². The molecule has 7 heteroatoms. The molecule has 1 aliphatic rings. The maximum absolute atomic E-state index is 12.5. The summed E-state index contributed by atoms with van der Waals surface area (Å²) in [5.74, 6) is -0.0210. The number of urea groups is 1. The minimum Gasteiger partial charge on any atom is -0.395 e. The molecule has 0 aromatic rings. The van der Waals surface area contributed by atoms with E-state index in [0.717, 1.165) is 19.5 Å². The summed E-state index contributed by atoms with van der Waals surface area (Å²) in [6.45, 7) is 7.40. The van der Waals surface area contributed by atoms with E-state index in [1.807, 2.05) is 13.8 Å². The summed E-state index contributed by atoms with van der Waals surface area (Å²) in [6.07, 6.45) is 0.793. The number of hydrogen-bond acceptors (Lipinski definition) is 4. The number of β-amino-alcohol motifs (C(OH)–C–C–N with tert-alkyl or cyclic N) is 1. The van der Waals surface area contributed by atoms with Crippen molar-refractivity contribution < 1.29 is 14.7 Å². The van der Waals surface area contributed by atoms with E-state index in [-0.39, 0.29) is 18.4 Å². The Morgan fingerprint density at radius 3 is 2.35 bits per heavy atom. The molecule has 1 rings (SSSR count). The molecule has 3 amide bonds. The summed E-state index contributed by atoms with van der Waals surface area (Å²) in [7, 11) is 0. The maximum atomic E-state index is 12.5. The van der Waals surface area contributed by atoms with Crippen molar-refractivity contribution in [3.63, 3.8) is 0 Å². The molecule has 20 heavy (non-hydrogen) atoms. The lowest BCUT2D eigenvalue weighted by molar-refractivity contribution is -0.136. The SMILES string of the molecule is CCC(C)C(NC(N)=O)C(=O)N1CCN(CCO)CC1. The number of amides is 3. The number of piperazine rings is 1. The molecule has 0 aromatic heterocycles. The number of nitrogens with two attached hydrogens (primary N) is 1. The normalized spacial score (nSPS) is 19.4. The van der Waals surface area contributed by atoms with Crippen LogP contribution in [0.3, 0.4) is 0 Å². The van der Waals surface area contributed by atoms with Crippen molar-refractivity contribution in [2.24, 2.45) is 11.7 Å². The van der Waals surface area contributed by atoms with E-state index < -0.39 is 12.1 Å². The van der Waals surface area contributed by atoms with Crippen LogP contribution >= 0.6 is 0 Å². The van der Waals surface area contributed by atoms with Gasteiger partial charge in [-0.1, -0.05) is 20.3 Å². The van der Waals surface area contributed by atoms with Crippen LogP contribution in [-0.4, -0.2) is 72.2 Å². The van der Waals surface area contributed by atoms with Crippen LogP contribution in [0.15, 0.2) is 0 Å². The third kappa shape index (κ3) is 4.64. The second kappa shape index (κ2) is 8.06. The summed E-state index contributed by atoms with van der Waals surface area (Å²) in [5.41, 5.74) is 5.16. The topological polar surface area (TPSA) is 98.9 Å². The van der Waals surface area contributed by atoms with Gasteiger partial charge in [-0.05, 0) is 5.92 Å². The molecule has 0 saturated carbocycles. The molecule has 1 saturated heterocycles. The lowest BCUT2D eigenvalue weighted by Gasteiger charge is -2.37.